The number of pyridine rings is 1. The summed E-state index contributed by atoms with van der Waals surface area (Å²) in [5, 5.41) is 10.2. The lowest BCUT2D eigenvalue weighted by Gasteiger charge is -2.23. The lowest BCUT2D eigenvalue weighted by Crippen LogP contribution is -2.31. The highest BCUT2D eigenvalue weighted by Gasteiger charge is 2.38. The maximum absolute atomic E-state index is 13.4. The van der Waals surface area contributed by atoms with Gasteiger partial charge in [0.05, 0.1) is 17.4 Å². The predicted octanol–water partition coefficient (Wildman–Crippen LogP) is 3.72. The first-order valence-corrected chi connectivity index (χ1v) is 12.0. The van der Waals surface area contributed by atoms with Crippen LogP contribution in [0, 0.1) is 6.92 Å². The Morgan fingerprint density at radius 1 is 1.34 bits per heavy atom. The molecule has 0 amide bonds. The molecule has 1 fully saturated rings. The highest BCUT2D eigenvalue weighted by Crippen LogP contribution is 2.37. The molecule has 1 unspecified atom stereocenters. The van der Waals surface area contributed by atoms with Gasteiger partial charge >= 0.3 is 0 Å². The topological polar surface area (TPSA) is 93.0 Å². The fourth-order valence-electron chi connectivity index (χ4n) is 3.65. The van der Waals surface area contributed by atoms with Crippen molar-refractivity contribution >= 4 is 32.3 Å². The zero-order valence-electron chi connectivity index (χ0n) is 16.4. The minimum atomic E-state index is -3.65. The van der Waals surface area contributed by atoms with E-state index < -0.39 is 10.0 Å². The van der Waals surface area contributed by atoms with Crippen LogP contribution in [0.4, 0.5) is 10.9 Å². The van der Waals surface area contributed by atoms with E-state index in [2.05, 4.69) is 20.4 Å². The minimum absolute atomic E-state index is 0.285. The molecule has 1 atom stereocenters. The van der Waals surface area contributed by atoms with Crippen molar-refractivity contribution in [3.63, 3.8) is 0 Å². The number of rotatable bonds is 7. The van der Waals surface area contributed by atoms with Crippen LogP contribution >= 0.6 is 11.3 Å². The van der Waals surface area contributed by atoms with E-state index >= 15 is 0 Å². The summed E-state index contributed by atoms with van der Waals surface area (Å²) in [6.45, 7) is 4.98. The van der Waals surface area contributed by atoms with Crippen molar-refractivity contribution in [3.05, 3.63) is 47.4 Å². The molecule has 1 aliphatic rings. The average Bonchev–Trinajstić information content (AvgIpc) is 3.43. The van der Waals surface area contributed by atoms with Crippen LogP contribution in [-0.2, 0) is 16.6 Å². The molecule has 0 bridgehead atoms. The molecule has 0 aliphatic carbocycles. The zero-order chi connectivity index (χ0) is 20.4. The molecule has 154 valence electrons. The van der Waals surface area contributed by atoms with E-state index in [9.17, 15) is 8.42 Å². The molecule has 3 aromatic rings. The molecule has 0 spiro atoms. The van der Waals surface area contributed by atoms with E-state index in [1.807, 2.05) is 30.5 Å². The van der Waals surface area contributed by atoms with Gasteiger partial charge in [0.15, 0.2) is 5.13 Å². The Labute approximate surface area is 174 Å². The summed E-state index contributed by atoms with van der Waals surface area (Å²) >= 11 is 1.49. The molecule has 1 saturated heterocycles. The van der Waals surface area contributed by atoms with E-state index in [0.29, 0.717) is 24.6 Å². The van der Waals surface area contributed by atoms with E-state index in [1.54, 1.807) is 28.3 Å². The maximum Gasteiger partial charge on any atom is 0.247 e. The highest BCUT2D eigenvalue weighted by molar-refractivity contribution is 7.89. The first-order valence-electron chi connectivity index (χ1n) is 9.68. The predicted molar refractivity (Wildman–Crippen MR) is 113 cm³/mol. The molecular weight excluding hydrogens is 408 g/mol. The smallest absolute Gasteiger partial charge is 0.247 e. The number of hydrogen-bond donors (Lipinski definition) is 1. The van der Waals surface area contributed by atoms with Crippen LogP contribution in [0.15, 0.2) is 40.9 Å². The quantitative estimate of drug-likeness (QED) is 0.612. The first kappa shape index (κ1) is 20.0. The Bertz CT molecular complexity index is 1080. The summed E-state index contributed by atoms with van der Waals surface area (Å²) < 4.78 is 30.1. The van der Waals surface area contributed by atoms with Gasteiger partial charge < -0.3 is 5.32 Å². The van der Waals surface area contributed by atoms with Crippen LogP contribution in [0.25, 0.3) is 0 Å². The molecule has 29 heavy (non-hydrogen) atoms. The van der Waals surface area contributed by atoms with Crippen LogP contribution < -0.4 is 5.32 Å². The fraction of sp³-hybridized carbons (Fsp3) is 0.421. The third-order valence-corrected chi connectivity index (χ3v) is 7.62. The van der Waals surface area contributed by atoms with E-state index in [0.717, 1.165) is 30.1 Å². The molecule has 0 aromatic carbocycles. The van der Waals surface area contributed by atoms with Gasteiger partial charge in [-0.15, -0.1) is 11.3 Å². The molecule has 1 aliphatic heterocycles. The Morgan fingerprint density at radius 3 is 2.97 bits per heavy atom. The molecule has 1 N–H and O–H groups in total. The third-order valence-electron chi connectivity index (χ3n) is 4.92. The van der Waals surface area contributed by atoms with Gasteiger partial charge in [-0.25, -0.2) is 18.4 Å². The maximum atomic E-state index is 13.4. The van der Waals surface area contributed by atoms with Crippen LogP contribution in [0.3, 0.4) is 0 Å². The van der Waals surface area contributed by atoms with Crippen LogP contribution in [0.5, 0.6) is 0 Å². The summed E-state index contributed by atoms with van der Waals surface area (Å²) in [5.74, 6) is 0.661. The van der Waals surface area contributed by atoms with Gasteiger partial charge in [0, 0.05) is 30.9 Å². The van der Waals surface area contributed by atoms with Crippen molar-refractivity contribution in [2.45, 2.75) is 50.6 Å². The van der Waals surface area contributed by atoms with E-state index in [1.165, 1.54) is 11.3 Å². The summed E-state index contributed by atoms with van der Waals surface area (Å²) in [6, 6.07) is 5.36. The number of nitrogens with one attached hydrogen (secondary N) is 1. The lowest BCUT2D eigenvalue weighted by atomic mass is 10.1. The normalized spacial score (nSPS) is 17.7. The van der Waals surface area contributed by atoms with Gasteiger partial charge in [0.25, 0.3) is 0 Å². The Kier molecular flexibility index (Phi) is 5.66. The van der Waals surface area contributed by atoms with Crippen molar-refractivity contribution in [1.82, 2.24) is 24.1 Å². The van der Waals surface area contributed by atoms with Crippen LogP contribution in [-0.4, -0.2) is 39.0 Å². The lowest BCUT2D eigenvalue weighted by molar-refractivity contribution is 0.390. The zero-order valence-corrected chi connectivity index (χ0v) is 18.1. The second-order valence-electron chi connectivity index (χ2n) is 7.03. The second kappa shape index (κ2) is 8.21. The monoisotopic (exact) mass is 432 g/mol. The molecule has 8 nitrogen and oxygen atoms in total. The van der Waals surface area contributed by atoms with Gasteiger partial charge in [-0.05, 0) is 38.3 Å². The number of thiazole rings is 1. The van der Waals surface area contributed by atoms with Gasteiger partial charge in [-0.2, -0.15) is 9.40 Å². The van der Waals surface area contributed by atoms with Gasteiger partial charge in [0.2, 0.25) is 10.0 Å². The average molecular weight is 433 g/mol. The standard InChI is InChI=1S/C19H24N6O2S2/c1-3-10-24-13-17(14(2)23-24)29(26,27)25-11-5-7-16(25)15-6-4-8-18(21-15)22-19-20-9-12-28-19/h4,6,8-9,12-13,16H,3,5,7,10-11H2,1-2H3,(H,20,21,22). The largest absolute Gasteiger partial charge is 0.316 e. The molecule has 3 aromatic heterocycles. The number of anilines is 2. The van der Waals surface area contributed by atoms with Gasteiger partial charge in [-0.1, -0.05) is 13.0 Å². The van der Waals surface area contributed by atoms with Crippen molar-refractivity contribution in [2.75, 3.05) is 11.9 Å². The summed E-state index contributed by atoms with van der Waals surface area (Å²) in [7, 11) is -3.65. The number of aryl methyl sites for hydroxylation is 2. The van der Waals surface area contributed by atoms with E-state index in [-0.39, 0.29) is 10.9 Å². The summed E-state index contributed by atoms with van der Waals surface area (Å²) in [4.78, 5) is 9.17. The Balaban J connectivity index is 1.62. The number of sulfonamides is 1. The fourth-order valence-corrected chi connectivity index (χ4v) is 6.02. The van der Waals surface area contributed by atoms with Crippen LogP contribution in [0.1, 0.15) is 43.6 Å². The van der Waals surface area contributed by atoms with Crippen LogP contribution in [0.2, 0.25) is 0 Å². The molecule has 4 rings (SSSR count). The molecular formula is C19H24N6O2S2. The SMILES string of the molecule is CCCn1cc(S(=O)(=O)N2CCCC2c2cccc(Nc3nccs3)n2)c(C)n1. The molecule has 4 heterocycles. The summed E-state index contributed by atoms with van der Waals surface area (Å²) in [6.07, 6.45) is 5.82. The highest BCUT2D eigenvalue weighted by atomic mass is 32.2. The van der Waals surface area contributed by atoms with Gasteiger partial charge in [0.1, 0.15) is 10.7 Å². The summed E-state index contributed by atoms with van der Waals surface area (Å²) in [5.41, 5.74) is 1.28. The van der Waals surface area contributed by atoms with E-state index in [4.69, 9.17) is 0 Å². The van der Waals surface area contributed by atoms with Crippen molar-refractivity contribution in [1.29, 1.82) is 0 Å². The number of hydrogen-bond acceptors (Lipinski definition) is 7. The van der Waals surface area contributed by atoms with Crippen molar-refractivity contribution in [3.8, 4) is 0 Å². The Morgan fingerprint density at radius 2 is 2.21 bits per heavy atom. The molecule has 10 heteroatoms. The minimum Gasteiger partial charge on any atom is -0.316 e. The van der Waals surface area contributed by atoms with Crippen molar-refractivity contribution in [2.24, 2.45) is 0 Å². The second-order valence-corrected chi connectivity index (χ2v) is 9.78. The third kappa shape index (κ3) is 4.05. The number of nitrogens with zero attached hydrogens (tertiary/aromatic N) is 5. The number of aromatic nitrogens is 4. The first-order chi connectivity index (χ1) is 14.0. The Hall–Kier alpha value is -2.30. The van der Waals surface area contributed by atoms with Gasteiger partial charge in [-0.3, -0.25) is 4.68 Å². The molecule has 0 radical (unpaired) electrons. The molecule has 0 saturated carbocycles. The van der Waals surface area contributed by atoms with Crippen molar-refractivity contribution < 1.29 is 8.42 Å².